The van der Waals surface area contributed by atoms with Crippen LogP contribution in [0.4, 0.5) is 40.1 Å². The van der Waals surface area contributed by atoms with Gasteiger partial charge in [-0.25, -0.2) is 9.97 Å². The van der Waals surface area contributed by atoms with Gasteiger partial charge in [-0.2, -0.15) is 10.2 Å². The zero-order valence-corrected chi connectivity index (χ0v) is 19.7. The lowest BCUT2D eigenvalue weighted by molar-refractivity contribution is -0.383. The van der Waals surface area contributed by atoms with Crippen molar-refractivity contribution in [2.75, 3.05) is 17.2 Å². The van der Waals surface area contributed by atoms with E-state index in [-0.39, 0.29) is 17.3 Å². The van der Waals surface area contributed by atoms with Gasteiger partial charge >= 0.3 is 5.69 Å². The molecule has 10 nitrogen and oxygen atoms in total. The third kappa shape index (κ3) is 6.60. The third-order valence-electron chi connectivity index (χ3n) is 5.06. The number of anilines is 4. The molecule has 0 aliphatic heterocycles. The van der Waals surface area contributed by atoms with E-state index in [1.54, 1.807) is 48.5 Å². The summed E-state index contributed by atoms with van der Waals surface area (Å²) in [4.78, 5) is 19.5. The molecule has 10 heteroatoms. The fourth-order valence-corrected chi connectivity index (χ4v) is 3.20. The Balaban J connectivity index is 1.47. The van der Waals surface area contributed by atoms with Crippen LogP contribution in [0.5, 0.6) is 5.75 Å². The van der Waals surface area contributed by atoms with E-state index in [9.17, 15) is 10.1 Å². The molecular weight excluding hydrogens is 458 g/mol. The summed E-state index contributed by atoms with van der Waals surface area (Å²) in [6.45, 7) is 2.74. The Hall–Kier alpha value is -4.86. The van der Waals surface area contributed by atoms with Crippen molar-refractivity contribution in [1.82, 2.24) is 9.97 Å². The predicted octanol–water partition coefficient (Wildman–Crippen LogP) is 7.47. The number of benzene rings is 3. The monoisotopic (exact) mass is 483 g/mol. The summed E-state index contributed by atoms with van der Waals surface area (Å²) in [5.41, 5.74) is 2.36. The molecule has 0 saturated heterocycles. The van der Waals surface area contributed by atoms with Crippen LogP contribution >= 0.6 is 0 Å². The number of hydrogen-bond acceptors (Lipinski definition) is 9. The molecule has 36 heavy (non-hydrogen) atoms. The van der Waals surface area contributed by atoms with Crippen LogP contribution in [0.15, 0.2) is 95.4 Å². The Morgan fingerprint density at radius 1 is 0.833 bits per heavy atom. The Bertz CT molecular complexity index is 1310. The fraction of sp³-hybridized carbons (Fsp3) is 0.154. The topological polar surface area (TPSA) is 127 Å². The molecule has 0 fully saturated rings. The first-order chi connectivity index (χ1) is 17.6. The molecule has 0 saturated carbocycles. The van der Waals surface area contributed by atoms with E-state index < -0.39 is 4.92 Å². The van der Waals surface area contributed by atoms with Crippen LogP contribution in [0.2, 0.25) is 0 Å². The van der Waals surface area contributed by atoms with E-state index in [1.807, 2.05) is 30.3 Å². The maximum absolute atomic E-state index is 11.9. The van der Waals surface area contributed by atoms with Crippen LogP contribution in [-0.4, -0.2) is 21.5 Å². The van der Waals surface area contributed by atoms with Crippen molar-refractivity contribution in [3.63, 3.8) is 0 Å². The van der Waals surface area contributed by atoms with Crippen LogP contribution in [0.25, 0.3) is 0 Å². The van der Waals surface area contributed by atoms with E-state index >= 15 is 0 Å². The molecule has 1 heterocycles. The smallest absolute Gasteiger partial charge is 0.353 e. The first kappa shape index (κ1) is 24.3. The number of nitrogens with one attached hydrogen (secondary N) is 2. The zero-order chi connectivity index (χ0) is 25.2. The molecule has 0 spiro atoms. The minimum absolute atomic E-state index is 0.0654. The number of aromatic nitrogens is 2. The van der Waals surface area contributed by atoms with Gasteiger partial charge in [-0.05, 0) is 67.1 Å². The number of unbranched alkanes of at least 4 members (excludes halogenated alkanes) is 1. The predicted molar refractivity (Wildman–Crippen MR) is 139 cm³/mol. The number of nitro groups is 1. The van der Waals surface area contributed by atoms with E-state index in [1.165, 1.54) is 6.33 Å². The Kier molecular flexibility index (Phi) is 8.10. The highest BCUT2D eigenvalue weighted by molar-refractivity contribution is 5.77. The summed E-state index contributed by atoms with van der Waals surface area (Å²) >= 11 is 0. The molecule has 4 aromatic rings. The molecule has 3 aromatic carbocycles. The summed E-state index contributed by atoms with van der Waals surface area (Å²) in [6, 6.07) is 23.6. The van der Waals surface area contributed by atoms with Gasteiger partial charge in [-0.3, -0.25) is 10.1 Å². The molecule has 182 valence electrons. The van der Waals surface area contributed by atoms with Crippen LogP contribution < -0.4 is 15.4 Å². The maximum atomic E-state index is 11.9. The highest BCUT2D eigenvalue weighted by Gasteiger charge is 2.23. The summed E-state index contributed by atoms with van der Waals surface area (Å²) in [7, 11) is 0. The van der Waals surface area contributed by atoms with Crippen molar-refractivity contribution in [2.24, 2.45) is 10.2 Å². The van der Waals surface area contributed by atoms with Gasteiger partial charge in [0.2, 0.25) is 11.6 Å². The van der Waals surface area contributed by atoms with Gasteiger partial charge in [-0.15, -0.1) is 0 Å². The van der Waals surface area contributed by atoms with E-state index in [0.717, 1.165) is 24.3 Å². The average molecular weight is 484 g/mol. The van der Waals surface area contributed by atoms with Gasteiger partial charge < -0.3 is 15.4 Å². The largest absolute Gasteiger partial charge is 0.494 e. The molecule has 4 rings (SSSR count). The first-order valence-electron chi connectivity index (χ1n) is 11.5. The quantitative estimate of drug-likeness (QED) is 0.0980. The maximum Gasteiger partial charge on any atom is 0.353 e. The average Bonchev–Trinajstić information content (AvgIpc) is 2.90. The van der Waals surface area contributed by atoms with Crippen LogP contribution in [0.1, 0.15) is 19.8 Å². The zero-order valence-electron chi connectivity index (χ0n) is 19.7. The third-order valence-corrected chi connectivity index (χ3v) is 5.06. The number of rotatable bonds is 11. The molecular formula is C26H25N7O3. The number of ether oxygens (including phenoxy) is 1. The molecule has 0 aliphatic carbocycles. The van der Waals surface area contributed by atoms with Crippen molar-refractivity contribution in [3.8, 4) is 5.75 Å². The summed E-state index contributed by atoms with van der Waals surface area (Å²) in [5.74, 6) is 0.876. The van der Waals surface area contributed by atoms with E-state index in [4.69, 9.17) is 4.74 Å². The van der Waals surface area contributed by atoms with Gasteiger partial charge in [0.05, 0.1) is 22.9 Å². The van der Waals surface area contributed by atoms with Crippen LogP contribution in [0, 0.1) is 10.1 Å². The highest BCUT2D eigenvalue weighted by atomic mass is 16.6. The van der Waals surface area contributed by atoms with Gasteiger partial charge in [0.1, 0.15) is 12.1 Å². The summed E-state index contributed by atoms with van der Waals surface area (Å²) in [5, 5.41) is 26.3. The highest BCUT2D eigenvalue weighted by Crippen LogP contribution is 2.33. The molecule has 1 aromatic heterocycles. The van der Waals surface area contributed by atoms with Crippen molar-refractivity contribution in [1.29, 1.82) is 0 Å². The lowest BCUT2D eigenvalue weighted by atomic mass is 10.2. The Labute approximate surface area is 208 Å². The van der Waals surface area contributed by atoms with Crippen molar-refractivity contribution in [2.45, 2.75) is 19.8 Å². The second-order valence-corrected chi connectivity index (χ2v) is 7.74. The van der Waals surface area contributed by atoms with Gasteiger partial charge in [-0.1, -0.05) is 31.5 Å². The second kappa shape index (κ2) is 12.0. The van der Waals surface area contributed by atoms with Crippen molar-refractivity contribution >= 4 is 40.1 Å². The van der Waals surface area contributed by atoms with Crippen LogP contribution in [-0.2, 0) is 0 Å². The molecule has 0 radical (unpaired) electrons. The Morgan fingerprint density at radius 3 is 1.94 bits per heavy atom. The molecule has 0 aliphatic rings. The minimum Gasteiger partial charge on any atom is -0.494 e. The second-order valence-electron chi connectivity index (χ2n) is 7.74. The summed E-state index contributed by atoms with van der Waals surface area (Å²) in [6.07, 6.45) is 3.29. The number of hydrogen-bond donors (Lipinski definition) is 2. The molecule has 0 unspecified atom stereocenters. The molecule has 0 amide bonds. The van der Waals surface area contributed by atoms with Gasteiger partial charge in [0.25, 0.3) is 0 Å². The summed E-state index contributed by atoms with van der Waals surface area (Å²) < 4.78 is 5.66. The van der Waals surface area contributed by atoms with Crippen molar-refractivity contribution < 1.29 is 9.66 Å². The van der Waals surface area contributed by atoms with Gasteiger partial charge in [0.15, 0.2) is 0 Å². The molecule has 0 bridgehead atoms. The molecule has 0 atom stereocenters. The standard InChI is InChI=1S/C26H25N7O3/c1-2-3-17-36-23-15-13-20(14-16-23)30-26-24(33(34)35)25(27-18-28-26)29-19-9-11-22(12-10-19)32-31-21-7-5-4-6-8-21/h4-16,18H,2-3,17H2,1H3,(H2,27,28,29,30). The normalized spacial score (nSPS) is 10.8. The minimum atomic E-state index is -0.519. The van der Waals surface area contributed by atoms with Crippen molar-refractivity contribution in [3.05, 3.63) is 95.3 Å². The lowest BCUT2D eigenvalue weighted by Crippen LogP contribution is -2.05. The van der Waals surface area contributed by atoms with Gasteiger partial charge in [0, 0.05) is 11.4 Å². The number of nitrogens with zero attached hydrogens (tertiary/aromatic N) is 5. The SMILES string of the molecule is CCCCOc1ccc(Nc2ncnc(Nc3ccc(N=Nc4ccccc4)cc3)c2[N+](=O)[O-])cc1. The first-order valence-corrected chi connectivity index (χ1v) is 11.5. The van der Waals surface area contributed by atoms with E-state index in [0.29, 0.717) is 23.7 Å². The Morgan fingerprint density at radius 2 is 1.39 bits per heavy atom. The van der Waals surface area contributed by atoms with E-state index in [2.05, 4.69) is 37.8 Å². The molecule has 2 N–H and O–H groups in total. The fourth-order valence-electron chi connectivity index (χ4n) is 3.20. The van der Waals surface area contributed by atoms with Crippen LogP contribution in [0.3, 0.4) is 0 Å². The lowest BCUT2D eigenvalue weighted by Gasteiger charge is -2.11. The number of azo groups is 1.